The molecule has 1 aromatic heterocycles. The molecule has 116 valence electrons. The van der Waals surface area contributed by atoms with Gasteiger partial charge >= 0.3 is 0 Å². The Kier molecular flexibility index (Phi) is 4.20. The summed E-state index contributed by atoms with van der Waals surface area (Å²) in [7, 11) is 0. The topological polar surface area (TPSA) is 58.2 Å². The first-order chi connectivity index (χ1) is 10.6. The Morgan fingerprint density at radius 2 is 2.32 bits per heavy atom. The van der Waals surface area contributed by atoms with Gasteiger partial charge in [-0.15, -0.1) is 0 Å². The van der Waals surface area contributed by atoms with E-state index >= 15 is 0 Å². The number of carbonyl (C=O) groups is 1. The van der Waals surface area contributed by atoms with E-state index in [1.165, 1.54) is 6.07 Å². The minimum Gasteiger partial charge on any atom is -0.367 e. The Bertz CT molecular complexity index is 671. The summed E-state index contributed by atoms with van der Waals surface area (Å²) >= 11 is 0. The SMILES string of the molecule is Cc1cnc([C@@H]2CN(C(=O)Cc3ccccc3F)CCO2)[nH]1. The number of H-pyrrole nitrogens is 1. The summed E-state index contributed by atoms with van der Waals surface area (Å²) in [5.41, 5.74) is 1.37. The Hall–Kier alpha value is -2.21. The lowest BCUT2D eigenvalue weighted by Crippen LogP contribution is -2.43. The second-order valence-electron chi connectivity index (χ2n) is 5.42. The Balaban J connectivity index is 1.66. The van der Waals surface area contributed by atoms with E-state index in [9.17, 15) is 9.18 Å². The van der Waals surface area contributed by atoms with E-state index in [4.69, 9.17) is 4.74 Å². The van der Waals surface area contributed by atoms with Gasteiger partial charge < -0.3 is 14.6 Å². The van der Waals surface area contributed by atoms with Crippen LogP contribution in [0, 0.1) is 12.7 Å². The number of carbonyl (C=O) groups excluding carboxylic acids is 1. The minimum absolute atomic E-state index is 0.0660. The lowest BCUT2D eigenvalue weighted by molar-refractivity contribution is -0.138. The summed E-state index contributed by atoms with van der Waals surface area (Å²) in [6, 6.07) is 6.37. The number of aryl methyl sites for hydroxylation is 1. The number of amides is 1. The number of benzene rings is 1. The number of halogens is 1. The van der Waals surface area contributed by atoms with Crippen LogP contribution in [0.25, 0.3) is 0 Å². The van der Waals surface area contributed by atoms with Crippen molar-refractivity contribution in [3.8, 4) is 0 Å². The van der Waals surface area contributed by atoms with Gasteiger partial charge in [-0.3, -0.25) is 4.79 Å². The van der Waals surface area contributed by atoms with Crippen LogP contribution in [0.15, 0.2) is 30.5 Å². The van der Waals surface area contributed by atoms with Crippen LogP contribution in [0.2, 0.25) is 0 Å². The van der Waals surface area contributed by atoms with E-state index in [0.717, 1.165) is 11.5 Å². The number of aromatic nitrogens is 2. The summed E-state index contributed by atoms with van der Waals surface area (Å²) in [6.07, 6.45) is 1.54. The third-order valence-electron chi connectivity index (χ3n) is 3.75. The van der Waals surface area contributed by atoms with Crippen molar-refractivity contribution >= 4 is 5.91 Å². The third-order valence-corrected chi connectivity index (χ3v) is 3.75. The highest BCUT2D eigenvalue weighted by atomic mass is 19.1. The number of hydrogen-bond acceptors (Lipinski definition) is 3. The number of imidazole rings is 1. The van der Waals surface area contributed by atoms with E-state index in [1.54, 1.807) is 29.3 Å². The summed E-state index contributed by atoms with van der Waals surface area (Å²) in [4.78, 5) is 21.5. The van der Waals surface area contributed by atoms with Crippen molar-refractivity contribution in [1.82, 2.24) is 14.9 Å². The molecule has 0 saturated carbocycles. The number of morpholine rings is 1. The molecule has 1 N–H and O–H groups in total. The predicted octanol–water partition coefficient (Wildman–Crippen LogP) is 2.00. The van der Waals surface area contributed by atoms with Crippen LogP contribution in [-0.4, -0.2) is 40.5 Å². The second-order valence-corrected chi connectivity index (χ2v) is 5.42. The molecular weight excluding hydrogens is 285 g/mol. The Morgan fingerprint density at radius 3 is 3.05 bits per heavy atom. The fourth-order valence-electron chi connectivity index (χ4n) is 2.55. The van der Waals surface area contributed by atoms with Gasteiger partial charge in [0, 0.05) is 18.4 Å². The lowest BCUT2D eigenvalue weighted by Gasteiger charge is -2.32. The van der Waals surface area contributed by atoms with Crippen LogP contribution in [0.5, 0.6) is 0 Å². The molecule has 1 atom stereocenters. The lowest BCUT2D eigenvalue weighted by atomic mass is 10.1. The van der Waals surface area contributed by atoms with Crippen molar-refractivity contribution in [2.45, 2.75) is 19.4 Å². The zero-order valence-corrected chi connectivity index (χ0v) is 12.4. The quantitative estimate of drug-likeness (QED) is 0.943. The second kappa shape index (κ2) is 6.27. The van der Waals surface area contributed by atoms with Crippen LogP contribution < -0.4 is 0 Å². The number of hydrogen-bond donors (Lipinski definition) is 1. The molecule has 1 aliphatic heterocycles. The monoisotopic (exact) mass is 303 g/mol. The van der Waals surface area contributed by atoms with Crippen molar-refractivity contribution in [3.05, 3.63) is 53.4 Å². The van der Waals surface area contributed by atoms with Gasteiger partial charge in [-0.25, -0.2) is 9.37 Å². The van der Waals surface area contributed by atoms with Gasteiger partial charge in [0.05, 0.1) is 19.6 Å². The maximum absolute atomic E-state index is 13.7. The average Bonchev–Trinajstić information content (AvgIpc) is 2.96. The Morgan fingerprint density at radius 1 is 1.50 bits per heavy atom. The van der Waals surface area contributed by atoms with Crippen LogP contribution >= 0.6 is 0 Å². The molecule has 1 fully saturated rings. The summed E-state index contributed by atoms with van der Waals surface area (Å²) < 4.78 is 19.3. The fraction of sp³-hybridized carbons (Fsp3) is 0.375. The zero-order chi connectivity index (χ0) is 15.5. The maximum atomic E-state index is 13.7. The zero-order valence-electron chi connectivity index (χ0n) is 12.4. The first kappa shape index (κ1) is 14.7. The van der Waals surface area contributed by atoms with E-state index in [-0.39, 0.29) is 24.2 Å². The number of rotatable bonds is 3. The third kappa shape index (κ3) is 3.17. The molecule has 3 rings (SSSR count). The van der Waals surface area contributed by atoms with E-state index in [0.29, 0.717) is 25.3 Å². The van der Waals surface area contributed by atoms with Crippen molar-refractivity contribution in [3.63, 3.8) is 0 Å². The van der Waals surface area contributed by atoms with Crippen LogP contribution in [0.4, 0.5) is 4.39 Å². The smallest absolute Gasteiger partial charge is 0.227 e. The molecule has 0 aliphatic carbocycles. The van der Waals surface area contributed by atoms with Crippen LogP contribution in [-0.2, 0) is 16.0 Å². The van der Waals surface area contributed by atoms with Gasteiger partial charge in [0.2, 0.25) is 5.91 Å². The van der Waals surface area contributed by atoms with E-state index in [1.807, 2.05) is 6.92 Å². The molecule has 1 saturated heterocycles. The Labute approximate surface area is 128 Å². The largest absolute Gasteiger partial charge is 0.367 e. The standard InChI is InChI=1S/C16H18FN3O2/c1-11-9-18-16(19-11)14-10-20(6-7-22-14)15(21)8-12-4-2-3-5-13(12)17/h2-5,9,14H,6-8,10H2,1H3,(H,18,19)/t14-/m0/s1. The van der Waals surface area contributed by atoms with Crippen LogP contribution in [0.1, 0.15) is 23.2 Å². The van der Waals surface area contributed by atoms with Crippen molar-refractivity contribution in [2.75, 3.05) is 19.7 Å². The molecule has 2 aromatic rings. The molecule has 0 radical (unpaired) electrons. The number of nitrogens with one attached hydrogen (secondary N) is 1. The predicted molar refractivity (Wildman–Crippen MR) is 78.7 cm³/mol. The van der Waals surface area contributed by atoms with E-state index in [2.05, 4.69) is 9.97 Å². The molecule has 0 unspecified atom stereocenters. The molecule has 5 nitrogen and oxygen atoms in total. The molecule has 1 amide bonds. The van der Waals surface area contributed by atoms with Gasteiger partial charge in [0.15, 0.2) is 0 Å². The highest BCUT2D eigenvalue weighted by molar-refractivity contribution is 5.79. The summed E-state index contributed by atoms with van der Waals surface area (Å²) in [5, 5.41) is 0. The number of ether oxygens (including phenoxy) is 1. The van der Waals surface area contributed by atoms with Crippen molar-refractivity contribution in [2.24, 2.45) is 0 Å². The number of aromatic amines is 1. The highest BCUT2D eigenvalue weighted by Crippen LogP contribution is 2.20. The van der Waals surface area contributed by atoms with Gasteiger partial charge in [-0.05, 0) is 18.6 Å². The highest BCUT2D eigenvalue weighted by Gasteiger charge is 2.27. The van der Waals surface area contributed by atoms with Crippen molar-refractivity contribution < 1.29 is 13.9 Å². The van der Waals surface area contributed by atoms with Gasteiger partial charge in [-0.1, -0.05) is 18.2 Å². The van der Waals surface area contributed by atoms with Crippen LogP contribution in [0.3, 0.4) is 0 Å². The molecule has 22 heavy (non-hydrogen) atoms. The maximum Gasteiger partial charge on any atom is 0.227 e. The number of nitrogens with zero attached hydrogens (tertiary/aromatic N) is 2. The minimum atomic E-state index is -0.345. The summed E-state index contributed by atoms with van der Waals surface area (Å²) in [6.45, 7) is 3.32. The first-order valence-electron chi connectivity index (χ1n) is 7.28. The molecule has 2 heterocycles. The first-order valence-corrected chi connectivity index (χ1v) is 7.28. The normalized spacial score (nSPS) is 18.5. The molecular formula is C16H18FN3O2. The van der Waals surface area contributed by atoms with Gasteiger partial charge in [-0.2, -0.15) is 0 Å². The molecule has 6 heteroatoms. The fourth-order valence-corrected chi connectivity index (χ4v) is 2.55. The average molecular weight is 303 g/mol. The summed E-state index contributed by atoms with van der Waals surface area (Å²) in [5.74, 6) is 0.282. The van der Waals surface area contributed by atoms with E-state index < -0.39 is 0 Å². The van der Waals surface area contributed by atoms with Gasteiger partial charge in [0.25, 0.3) is 0 Å². The van der Waals surface area contributed by atoms with Gasteiger partial charge in [0.1, 0.15) is 17.7 Å². The molecule has 1 aliphatic rings. The van der Waals surface area contributed by atoms with Crippen molar-refractivity contribution in [1.29, 1.82) is 0 Å². The molecule has 1 aromatic carbocycles. The molecule has 0 spiro atoms. The molecule has 0 bridgehead atoms.